The van der Waals surface area contributed by atoms with Gasteiger partial charge >= 0.3 is 12.1 Å². The third kappa shape index (κ3) is 4.21. The first kappa shape index (κ1) is 21.9. The Morgan fingerprint density at radius 2 is 1.68 bits per heavy atom. The van der Waals surface area contributed by atoms with E-state index in [1.54, 1.807) is 11.0 Å². The molecule has 0 fully saturated rings. The van der Waals surface area contributed by atoms with Crippen LogP contribution in [0.5, 0.6) is 0 Å². The number of hydrogen-bond acceptors (Lipinski definition) is 4. The molecule has 2 aliphatic carbocycles. The van der Waals surface area contributed by atoms with Gasteiger partial charge in [-0.15, -0.1) is 0 Å². The molecule has 7 nitrogen and oxygen atoms in total. The fraction of sp³-hybridized carbons (Fsp3) is 0.296. The molecule has 5 rings (SSSR count). The number of nitrogens with one attached hydrogen (secondary N) is 1. The Hall–Kier alpha value is -3.87. The first-order valence-corrected chi connectivity index (χ1v) is 11.5. The second kappa shape index (κ2) is 9.17. The number of carbonyl (C=O) groups is 3. The molecule has 1 aliphatic heterocycles. The van der Waals surface area contributed by atoms with Gasteiger partial charge in [-0.1, -0.05) is 66.8 Å². The Kier molecular flexibility index (Phi) is 5.92. The van der Waals surface area contributed by atoms with Gasteiger partial charge in [-0.2, -0.15) is 0 Å². The summed E-state index contributed by atoms with van der Waals surface area (Å²) in [6.07, 6.45) is 5.54. The standard InChI is InChI=1S/C27H26N2O5/c30-25(29-13-11-17(12-14-29)26(31)32)18-9-10-19(15-18)28-27(33)34-16-24-22-7-3-1-5-20(22)21-6-2-4-8-23(21)24/h1-11,18-19,24H,12-16H2,(H,28,33)(H,31,32). The molecule has 0 radical (unpaired) electrons. The molecular weight excluding hydrogens is 432 g/mol. The van der Waals surface area contributed by atoms with E-state index in [4.69, 9.17) is 9.84 Å². The molecule has 174 valence electrons. The maximum atomic E-state index is 12.8. The van der Waals surface area contributed by atoms with Crippen molar-refractivity contribution >= 4 is 18.0 Å². The molecule has 0 aromatic heterocycles. The number of amides is 2. The summed E-state index contributed by atoms with van der Waals surface area (Å²) in [6.45, 7) is 0.936. The molecule has 0 saturated carbocycles. The molecule has 0 saturated heterocycles. The summed E-state index contributed by atoms with van der Waals surface area (Å²) in [6, 6.07) is 16.1. The molecule has 7 heteroatoms. The van der Waals surface area contributed by atoms with Crippen LogP contribution in [0, 0.1) is 5.92 Å². The van der Waals surface area contributed by atoms with Gasteiger partial charge in [0.25, 0.3) is 0 Å². The number of benzene rings is 2. The molecular formula is C27H26N2O5. The Labute approximate surface area is 197 Å². The lowest BCUT2D eigenvalue weighted by Gasteiger charge is -2.27. The van der Waals surface area contributed by atoms with Gasteiger partial charge in [0.15, 0.2) is 0 Å². The van der Waals surface area contributed by atoms with E-state index in [-0.39, 0.29) is 30.4 Å². The van der Waals surface area contributed by atoms with Crippen molar-refractivity contribution in [1.82, 2.24) is 10.2 Å². The molecule has 3 aliphatic rings. The fourth-order valence-corrected chi connectivity index (χ4v) is 5.08. The summed E-state index contributed by atoms with van der Waals surface area (Å²) in [5, 5.41) is 11.9. The van der Waals surface area contributed by atoms with Gasteiger partial charge in [0.2, 0.25) is 5.91 Å². The van der Waals surface area contributed by atoms with Crippen molar-refractivity contribution in [3.63, 3.8) is 0 Å². The molecule has 0 spiro atoms. The lowest BCUT2D eigenvalue weighted by atomic mass is 9.98. The summed E-state index contributed by atoms with van der Waals surface area (Å²) in [5.41, 5.74) is 5.01. The summed E-state index contributed by atoms with van der Waals surface area (Å²) in [7, 11) is 0. The number of carboxylic acids is 1. The number of hydrogen-bond donors (Lipinski definition) is 2. The molecule has 2 aromatic rings. The average molecular weight is 459 g/mol. The van der Waals surface area contributed by atoms with Crippen LogP contribution in [0.3, 0.4) is 0 Å². The molecule has 2 unspecified atom stereocenters. The highest BCUT2D eigenvalue weighted by Crippen LogP contribution is 2.44. The Balaban J connectivity index is 1.14. The number of nitrogens with zero attached hydrogens (tertiary/aromatic N) is 1. The van der Waals surface area contributed by atoms with E-state index in [2.05, 4.69) is 29.6 Å². The summed E-state index contributed by atoms with van der Waals surface area (Å²) >= 11 is 0. The van der Waals surface area contributed by atoms with Crippen molar-refractivity contribution < 1.29 is 24.2 Å². The number of rotatable bonds is 5. The predicted molar refractivity (Wildman–Crippen MR) is 126 cm³/mol. The molecule has 2 atom stereocenters. The van der Waals surface area contributed by atoms with E-state index in [0.29, 0.717) is 31.5 Å². The summed E-state index contributed by atoms with van der Waals surface area (Å²) in [4.78, 5) is 38.0. The number of carbonyl (C=O) groups excluding carboxylic acids is 2. The van der Waals surface area contributed by atoms with E-state index < -0.39 is 12.1 Å². The number of carboxylic acid groups (broad SMARTS) is 1. The molecule has 2 aromatic carbocycles. The zero-order valence-corrected chi connectivity index (χ0v) is 18.6. The smallest absolute Gasteiger partial charge is 0.407 e. The Bertz CT molecular complexity index is 1160. The minimum Gasteiger partial charge on any atom is -0.478 e. The van der Waals surface area contributed by atoms with Gasteiger partial charge in [-0.3, -0.25) is 4.79 Å². The van der Waals surface area contributed by atoms with E-state index in [0.717, 1.165) is 11.1 Å². The quantitative estimate of drug-likeness (QED) is 0.666. The summed E-state index contributed by atoms with van der Waals surface area (Å²) < 4.78 is 5.61. The number of aliphatic carboxylic acids is 1. The number of alkyl carbamates (subject to hydrolysis) is 1. The molecule has 0 bridgehead atoms. The fourth-order valence-electron chi connectivity index (χ4n) is 5.08. The predicted octanol–water partition coefficient (Wildman–Crippen LogP) is 3.71. The first-order valence-electron chi connectivity index (χ1n) is 11.5. The molecule has 1 heterocycles. The Morgan fingerprint density at radius 3 is 2.29 bits per heavy atom. The number of fused-ring (bicyclic) bond motifs is 3. The van der Waals surface area contributed by atoms with E-state index >= 15 is 0 Å². The Morgan fingerprint density at radius 1 is 1.00 bits per heavy atom. The van der Waals surface area contributed by atoms with Crippen LogP contribution in [0.25, 0.3) is 11.1 Å². The lowest BCUT2D eigenvalue weighted by Crippen LogP contribution is -2.40. The average Bonchev–Trinajstić information content (AvgIpc) is 3.45. The van der Waals surface area contributed by atoms with Crippen LogP contribution in [0.2, 0.25) is 0 Å². The minimum absolute atomic E-state index is 0.00514. The molecule has 2 N–H and O–H groups in total. The normalized spacial score (nSPS) is 20.9. The highest BCUT2D eigenvalue weighted by Gasteiger charge is 2.32. The van der Waals surface area contributed by atoms with Crippen LogP contribution < -0.4 is 5.32 Å². The highest BCUT2D eigenvalue weighted by atomic mass is 16.5. The zero-order chi connectivity index (χ0) is 23.7. The van der Waals surface area contributed by atoms with Gasteiger partial charge in [-0.25, -0.2) is 9.59 Å². The topological polar surface area (TPSA) is 95.9 Å². The van der Waals surface area contributed by atoms with Crippen LogP contribution in [-0.2, 0) is 14.3 Å². The van der Waals surface area contributed by atoms with Crippen molar-refractivity contribution in [1.29, 1.82) is 0 Å². The van der Waals surface area contributed by atoms with E-state index in [1.807, 2.05) is 36.4 Å². The van der Waals surface area contributed by atoms with Crippen LogP contribution in [0.1, 0.15) is 29.9 Å². The van der Waals surface area contributed by atoms with Gasteiger partial charge in [-0.05, 0) is 35.1 Å². The van der Waals surface area contributed by atoms with Crippen LogP contribution in [0.4, 0.5) is 4.79 Å². The van der Waals surface area contributed by atoms with E-state index in [9.17, 15) is 14.4 Å². The van der Waals surface area contributed by atoms with Crippen molar-refractivity contribution in [3.8, 4) is 11.1 Å². The second-order valence-electron chi connectivity index (χ2n) is 8.87. The van der Waals surface area contributed by atoms with Crippen LogP contribution in [-0.4, -0.2) is 53.7 Å². The molecule has 2 amide bonds. The second-order valence-corrected chi connectivity index (χ2v) is 8.87. The highest BCUT2D eigenvalue weighted by molar-refractivity contribution is 5.88. The van der Waals surface area contributed by atoms with Gasteiger partial charge in [0.1, 0.15) is 6.61 Å². The molecule has 34 heavy (non-hydrogen) atoms. The minimum atomic E-state index is -0.930. The van der Waals surface area contributed by atoms with Crippen molar-refractivity contribution in [2.45, 2.75) is 24.8 Å². The maximum Gasteiger partial charge on any atom is 0.407 e. The summed E-state index contributed by atoms with van der Waals surface area (Å²) in [5.74, 6) is -1.32. The third-order valence-corrected chi connectivity index (χ3v) is 6.84. The maximum absolute atomic E-state index is 12.8. The lowest BCUT2D eigenvalue weighted by molar-refractivity contribution is -0.136. The third-order valence-electron chi connectivity index (χ3n) is 6.84. The first-order chi connectivity index (χ1) is 16.5. The van der Waals surface area contributed by atoms with Gasteiger partial charge < -0.3 is 20.1 Å². The SMILES string of the molecule is O=C(NC1C=CC(C(=O)N2CC=C(C(=O)O)CC2)C1)OCC1c2ccccc2-c2ccccc21. The van der Waals surface area contributed by atoms with E-state index in [1.165, 1.54) is 11.1 Å². The van der Waals surface area contributed by atoms with Crippen LogP contribution in [0.15, 0.2) is 72.3 Å². The monoisotopic (exact) mass is 458 g/mol. The zero-order valence-electron chi connectivity index (χ0n) is 18.6. The number of ether oxygens (including phenoxy) is 1. The van der Waals surface area contributed by atoms with Gasteiger partial charge in [0, 0.05) is 24.6 Å². The largest absolute Gasteiger partial charge is 0.478 e. The van der Waals surface area contributed by atoms with Crippen molar-refractivity contribution in [3.05, 3.63) is 83.5 Å². The van der Waals surface area contributed by atoms with Crippen molar-refractivity contribution in [2.24, 2.45) is 5.92 Å². The van der Waals surface area contributed by atoms with Crippen LogP contribution >= 0.6 is 0 Å². The van der Waals surface area contributed by atoms with Gasteiger partial charge in [0.05, 0.1) is 12.0 Å². The van der Waals surface area contributed by atoms with Crippen molar-refractivity contribution in [2.75, 3.05) is 19.7 Å².